The van der Waals surface area contributed by atoms with Crippen LogP contribution in [0.25, 0.3) is 10.8 Å². The summed E-state index contributed by atoms with van der Waals surface area (Å²) in [7, 11) is 0. The van der Waals surface area contributed by atoms with E-state index < -0.39 is 0 Å². The molecule has 0 spiro atoms. The number of anilines is 2. The zero-order valence-electron chi connectivity index (χ0n) is 10.1. The van der Waals surface area contributed by atoms with Crippen LogP contribution in [0.4, 0.5) is 11.4 Å². The van der Waals surface area contributed by atoms with Gasteiger partial charge in [-0.05, 0) is 32.0 Å². The predicted octanol–water partition coefficient (Wildman–Crippen LogP) is 2.00. The number of nitrogens with two attached hydrogens (primary N) is 1. The van der Waals surface area contributed by atoms with E-state index >= 15 is 0 Å². The lowest BCUT2D eigenvalue weighted by molar-refractivity contribution is 0.234. The van der Waals surface area contributed by atoms with E-state index in [1.54, 1.807) is 12.4 Å². The molecular weight excluding hydrogens is 214 g/mol. The number of nitrogen functional groups attached to an aromatic ring is 1. The van der Waals surface area contributed by atoms with Crippen LogP contribution in [-0.4, -0.2) is 22.2 Å². The Hall–Kier alpha value is -1.81. The smallest absolute Gasteiger partial charge is 0.0656 e. The molecule has 0 radical (unpaired) electrons. The fraction of sp³-hybridized carbons (Fsp3) is 0.308. The van der Waals surface area contributed by atoms with Gasteiger partial charge in [0, 0.05) is 34.5 Å². The van der Waals surface area contributed by atoms with Crippen LogP contribution in [0.1, 0.15) is 13.8 Å². The minimum Gasteiger partial charge on any atom is -0.398 e. The van der Waals surface area contributed by atoms with E-state index in [1.807, 2.05) is 32.0 Å². The van der Waals surface area contributed by atoms with Crippen LogP contribution in [0.3, 0.4) is 0 Å². The third-order valence-electron chi connectivity index (χ3n) is 2.72. The molecule has 0 saturated heterocycles. The second-order valence-corrected chi connectivity index (χ2v) is 4.79. The van der Waals surface area contributed by atoms with Crippen molar-refractivity contribution >= 4 is 22.1 Å². The molecule has 4 nitrogen and oxygen atoms in total. The van der Waals surface area contributed by atoms with Gasteiger partial charge in [0.05, 0.1) is 12.1 Å². The number of rotatable bonds is 3. The van der Waals surface area contributed by atoms with Crippen molar-refractivity contribution in [1.82, 2.24) is 4.98 Å². The Kier molecular flexibility index (Phi) is 2.90. The van der Waals surface area contributed by atoms with Crippen LogP contribution < -0.4 is 11.1 Å². The molecule has 0 fully saturated rings. The standard InChI is InChI=1S/C13H17N3O/c1-13(2,8-17)16-12-4-3-11(14)9-5-6-15-7-10(9)12/h3-7,16-17H,8,14H2,1-2H3. The highest BCUT2D eigenvalue weighted by atomic mass is 16.3. The molecule has 0 bridgehead atoms. The second kappa shape index (κ2) is 4.22. The van der Waals surface area contributed by atoms with Crippen molar-refractivity contribution in [3.63, 3.8) is 0 Å². The van der Waals surface area contributed by atoms with Gasteiger partial charge in [0.1, 0.15) is 0 Å². The highest BCUT2D eigenvalue weighted by molar-refractivity contribution is 6.00. The Labute approximate surface area is 100 Å². The largest absolute Gasteiger partial charge is 0.398 e. The van der Waals surface area contributed by atoms with Crippen LogP contribution in [-0.2, 0) is 0 Å². The Balaban J connectivity index is 2.52. The van der Waals surface area contributed by atoms with Gasteiger partial charge in [-0.15, -0.1) is 0 Å². The zero-order valence-corrected chi connectivity index (χ0v) is 10.1. The fourth-order valence-corrected chi connectivity index (χ4v) is 1.73. The Bertz CT molecular complexity index is 537. The van der Waals surface area contributed by atoms with Gasteiger partial charge in [-0.25, -0.2) is 0 Å². The number of nitrogens with zero attached hydrogens (tertiary/aromatic N) is 1. The lowest BCUT2D eigenvalue weighted by Gasteiger charge is -2.26. The van der Waals surface area contributed by atoms with E-state index in [1.165, 1.54) is 0 Å². The van der Waals surface area contributed by atoms with Gasteiger partial charge >= 0.3 is 0 Å². The molecule has 0 aliphatic carbocycles. The first-order valence-corrected chi connectivity index (χ1v) is 5.55. The average Bonchev–Trinajstić information content (AvgIpc) is 2.33. The van der Waals surface area contributed by atoms with Gasteiger partial charge in [0.15, 0.2) is 0 Å². The van der Waals surface area contributed by atoms with E-state index in [-0.39, 0.29) is 12.1 Å². The number of aliphatic hydroxyl groups is 1. The van der Waals surface area contributed by atoms with Gasteiger partial charge in [0.25, 0.3) is 0 Å². The van der Waals surface area contributed by atoms with E-state index in [0.29, 0.717) is 0 Å². The lowest BCUT2D eigenvalue weighted by atomic mass is 10.0. The fourth-order valence-electron chi connectivity index (χ4n) is 1.73. The van der Waals surface area contributed by atoms with Crippen LogP contribution >= 0.6 is 0 Å². The molecular formula is C13H17N3O. The van der Waals surface area contributed by atoms with E-state index in [9.17, 15) is 5.11 Å². The molecule has 0 unspecified atom stereocenters. The van der Waals surface area contributed by atoms with E-state index in [0.717, 1.165) is 22.1 Å². The molecule has 0 atom stereocenters. The van der Waals surface area contributed by atoms with Crippen molar-refractivity contribution in [2.45, 2.75) is 19.4 Å². The summed E-state index contributed by atoms with van der Waals surface area (Å²) in [5.41, 5.74) is 7.20. The van der Waals surface area contributed by atoms with Gasteiger partial charge in [-0.3, -0.25) is 4.98 Å². The first kappa shape index (κ1) is 11.7. The van der Waals surface area contributed by atoms with Crippen LogP contribution in [0.15, 0.2) is 30.6 Å². The number of benzene rings is 1. The molecule has 1 heterocycles. The van der Waals surface area contributed by atoms with E-state index in [4.69, 9.17) is 5.73 Å². The second-order valence-electron chi connectivity index (χ2n) is 4.79. The minimum absolute atomic E-state index is 0.0547. The Morgan fingerprint density at radius 3 is 2.76 bits per heavy atom. The number of pyridine rings is 1. The van der Waals surface area contributed by atoms with Crippen molar-refractivity contribution in [2.75, 3.05) is 17.7 Å². The quantitative estimate of drug-likeness (QED) is 0.706. The number of nitrogens with one attached hydrogen (secondary N) is 1. The maximum Gasteiger partial charge on any atom is 0.0656 e. The molecule has 0 aliphatic rings. The SMILES string of the molecule is CC(C)(CO)Nc1ccc(N)c2ccncc12. The maximum absolute atomic E-state index is 9.28. The Morgan fingerprint density at radius 1 is 1.29 bits per heavy atom. The van der Waals surface area contributed by atoms with Crippen molar-refractivity contribution in [3.05, 3.63) is 30.6 Å². The minimum atomic E-state index is -0.376. The average molecular weight is 231 g/mol. The number of aliphatic hydroxyl groups excluding tert-OH is 1. The number of aromatic nitrogens is 1. The lowest BCUT2D eigenvalue weighted by Crippen LogP contribution is -2.34. The summed E-state index contributed by atoms with van der Waals surface area (Å²) < 4.78 is 0. The summed E-state index contributed by atoms with van der Waals surface area (Å²) in [6.07, 6.45) is 3.50. The summed E-state index contributed by atoms with van der Waals surface area (Å²) >= 11 is 0. The van der Waals surface area contributed by atoms with Crippen molar-refractivity contribution in [2.24, 2.45) is 0 Å². The highest BCUT2D eigenvalue weighted by Gasteiger charge is 2.17. The normalized spacial score (nSPS) is 11.7. The van der Waals surface area contributed by atoms with Gasteiger partial charge in [-0.1, -0.05) is 0 Å². The first-order chi connectivity index (χ1) is 8.03. The molecule has 0 saturated carbocycles. The predicted molar refractivity (Wildman–Crippen MR) is 70.9 cm³/mol. The first-order valence-electron chi connectivity index (χ1n) is 5.55. The summed E-state index contributed by atoms with van der Waals surface area (Å²) in [4.78, 5) is 4.11. The molecule has 4 N–H and O–H groups in total. The monoisotopic (exact) mass is 231 g/mol. The van der Waals surface area contributed by atoms with Gasteiger partial charge in [0.2, 0.25) is 0 Å². The van der Waals surface area contributed by atoms with Crippen molar-refractivity contribution in [3.8, 4) is 0 Å². The van der Waals surface area contributed by atoms with Crippen molar-refractivity contribution in [1.29, 1.82) is 0 Å². The third-order valence-corrected chi connectivity index (χ3v) is 2.72. The third kappa shape index (κ3) is 2.31. The number of fused-ring (bicyclic) bond motifs is 1. The molecule has 0 amide bonds. The molecule has 2 aromatic rings. The summed E-state index contributed by atoms with van der Waals surface area (Å²) in [5.74, 6) is 0. The molecule has 4 heteroatoms. The summed E-state index contributed by atoms with van der Waals surface area (Å²) in [5, 5.41) is 14.5. The van der Waals surface area contributed by atoms with Crippen LogP contribution in [0.2, 0.25) is 0 Å². The molecule has 2 rings (SSSR count). The number of hydrogen-bond acceptors (Lipinski definition) is 4. The molecule has 17 heavy (non-hydrogen) atoms. The number of hydrogen-bond donors (Lipinski definition) is 3. The van der Waals surface area contributed by atoms with Crippen LogP contribution in [0, 0.1) is 0 Å². The summed E-state index contributed by atoms with van der Waals surface area (Å²) in [6, 6.07) is 5.66. The van der Waals surface area contributed by atoms with Crippen LogP contribution in [0.5, 0.6) is 0 Å². The van der Waals surface area contributed by atoms with Crippen molar-refractivity contribution < 1.29 is 5.11 Å². The zero-order chi connectivity index (χ0) is 12.5. The highest BCUT2D eigenvalue weighted by Crippen LogP contribution is 2.29. The van der Waals surface area contributed by atoms with Gasteiger partial charge in [-0.2, -0.15) is 0 Å². The molecule has 1 aromatic heterocycles. The topological polar surface area (TPSA) is 71.2 Å². The van der Waals surface area contributed by atoms with Gasteiger partial charge < -0.3 is 16.2 Å². The molecule has 90 valence electrons. The summed E-state index contributed by atoms with van der Waals surface area (Å²) in [6.45, 7) is 3.93. The molecule has 1 aromatic carbocycles. The van der Waals surface area contributed by atoms with E-state index in [2.05, 4.69) is 10.3 Å². The maximum atomic E-state index is 9.28. The Morgan fingerprint density at radius 2 is 2.06 bits per heavy atom. The molecule has 0 aliphatic heterocycles.